The number of nitrogens with zero attached hydrogens (tertiary/aromatic N) is 2. The zero-order valence-corrected chi connectivity index (χ0v) is 12.4. The third kappa shape index (κ3) is 2.92. The number of thiazole rings is 1. The average Bonchev–Trinajstić information content (AvgIpc) is 2.87. The van der Waals surface area contributed by atoms with Gasteiger partial charge in [0.2, 0.25) is 0 Å². The van der Waals surface area contributed by atoms with Gasteiger partial charge in [-0.1, -0.05) is 13.3 Å². The van der Waals surface area contributed by atoms with E-state index in [0.29, 0.717) is 12.1 Å². The molecule has 2 heterocycles. The van der Waals surface area contributed by atoms with Gasteiger partial charge in [0.15, 0.2) is 0 Å². The smallest absolute Gasteiger partial charge is 0.110 e. The fraction of sp³-hybridized carbons (Fsp3) is 0.786. The molecule has 1 aromatic rings. The van der Waals surface area contributed by atoms with Crippen molar-refractivity contribution in [2.24, 2.45) is 0 Å². The molecule has 1 aromatic heterocycles. The maximum absolute atomic E-state index is 9.22. The van der Waals surface area contributed by atoms with E-state index in [2.05, 4.69) is 30.7 Å². The molecule has 1 saturated heterocycles. The van der Waals surface area contributed by atoms with Gasteiger partial charge in [-0.3, -0.25) is 4.90 Å². The molecule has 0 radical (unpaired) electrons. The molecule has 2 rings (SSSR count). The van der Waals surface area contributed by atoms with Crippen molar-refractivity contribution in [3.05, 3.63) is 16.1 Å². The summed E-state index contributed by atoms with van der Waals surface area (Å²) in [5.41, 5.74) is 0. The molecule has 18 heavy (non-hydrogen) atoms. The molecule has 2 atom stereocenters. The van der Waals surface area contributed by atoms with Crippen LogP contribution in [0.4, 0.5) is 0 Å². The summed E-state index contributed by atoms with van der Waals surface area (Å²) >= 11 is 1.78. The van der Waals surface area contributed by atoms with Gasteiger partial charge in [-0.2, -0.15) is 0 Å². The van der Waals surface area contributed by atoms with Crippen molar-refractivity contribution in [2.75, 3.05) is 13.2 Å². The van der Waals surface area contributed by atoms with E-state index in [1.165, 1.54) is 35.7 Å². The Balaban J connectivity index is 2.15. The SMILES string of the molecule is CC(CO)c1cnc(C2CCCCN2C(C)C)s1. The Morgan fingerprint density at radius 1 is 1.44 bits per heavy atom. The van der Waals surface area contributed by atoms with Gasteiger partial charge in [-0.25, -0.2) is 4.98 Å². The Bertz CT molecular complexity index is 378. The molecule has 0 spiro atoms. The Labute approximate surface area is 114 Å². The highest BCUT2D eigenvalue weighted by Crippen LogP contribution is 2.36. The number of piperidine rings is 1. The predicted octanol–water partition coefficient (Wildman–Crippen LogP) is 3.17. The molecule has 1 aliphatic heterocycles. The monoisotopic (exact) mass is 268 g/mol. The first-order chi connectivity index (χ1) is 8.63. The summed E-state index contributed by atoms with van der Waals surface area (Å²) in [5.74, 6) is 0.215. The van der Waals surface area contributed by atoms with Gasteiger partial charge in [-0.15, -0.1) is 11.3 Å². The molecule has 1 fully saturated rings. The highest BCUT2D eigenvalue weighted by molar-refractivity contribution is 7.11. The van der Waals surface area contributed by atoms with Crippen LogP contribution in [0.5, 0.6) is 0 Å². The van der Waals surface area contributed by atoms with Gasteiger partial charge in [0.1, 0.15) is 5.01 Å². The first kappa shape index (κ1) is 14.0. The Kier molecular flexibility index (Phi) is 4.76. The highest BCUT2D eigenvalue weighted by atomic mass is 32.1. The zero-order chi connectivity index (χ0) is 13.1. The lowest BCUT2D eigenvalue weighted by atomic mass is 10.0. The van der Waals surface area contributed by atoms with Crippen LogP contribution in [0.1, 0.15) is 61.9 Å². The van der Waals surface area contributed by atoms with Crippen LogP contribution < -0.4 is 0 Å². The standard InChI is InChI=1S/C14H24N2OS/c1-10(2)16-7-5-4-6-12(16)14-15-8-13(18-14)11(3)9-17/h8,10-12,17H,4-7,9H2,1-3H3. The maximum Gasteiger partial charge on any atom is 0.110 e. The van der Waals surface area contributed by atoms with E-state index < -0.39 is 0 Å². The van der Waals surface area contributed by atoms with Crippen LogP contribution in [0, 0.1) is 0 Å². The summed E-state index contributed by atoms with van der Waals surface area (Å²) in [6, 6.07) is 1.07. The van der Waals surface area contributed by atoms with Crippen LogP contribution in [0.25, 0.3) is 0 Å². The number of hydrogen-bond donors (Lipinski definition) is 1. The lowest BCUT2D eigenvalue weighted by molar-refractivity contribution is 0.112. The van der Waals surface area contributed by atoms with Gasteiger partial charge >= 0.3 is 0 Å². The fourth-order valence-electron chi connectivity index (χ4n) is 2.61. The van der Waals surface area contributed by atoms with Crippen molar-refractivity contribution in [2.45, 2.75) is 58.0 Å². The van der Waals surface area contributed by atoms with Crippen molar-refractivity contribution in [3.8, 4) is 0 Å². The minimum absolute atomic E-state index is 0.209. The minimum atomic E-state index is 0.209. The van der Waals surface area contributed by atoms with Crippen LogP contribution in [-0.2, 0) is 0 Å². The van der Waals surface area contributed by atoms with E-state index in [4.69, 9.17) is 0 Å². The molecular weight excluding hydrogens is 244 g/mol. The molecule has 1 N–H and O–H groups in total. The number of rotatable bonds is 4. The van der Waals surface area contributed by atoms with Crippen molar-refractivity contribution < 1.29 is 5.11 Å². The quantitative estimate of drug-likeness (QED) is 0.911. The zero-order valence-electron chi connectivity index (χ0n) is 11.6. The second-order valence-electron chi connectivity index (χ2n) is 5.53. The summed E-state index contributed by atoms with van der Waals surface area (Å²) < 4.78 is 0. The van der Waals surface area contributed by atoms with Crippen LogP contribution in [0.2, 0.25) is 0 Å². The Morgan fingerprint density at radius 3 is 2.89 bits per heavy atom. The molecule has 0 bridgehead atoms. The number of hydrogen-bond acceptors (Lipinski definition) is 4. The Hall–Kier alpha value is -0.450. The van der Waals surface area contributed by atoms with Crippen molar-refractivity contribution >= 4 is 11.3 Å². The summed E-state index contributed by atoms with van der Waals surface area (Å²) in [6.45, 7) is 7.98. The van der Waals surface area contributed by atoms with Crippen LogP contribution >= 0.6 is 11.3 Å². The highest BCUT2D eigenvalue weighted by Gasteiger charge is 2.28. The molecular formula is C14H24N2OS. The molecule has 4 heteroatoms. The van der Waals surface area contributed by atoms with Gasteiger partial charge in [-0.05, 0) is 33.2 Å². The average molecular weight is 268 g/mol. The number of aliphatic hydroxyl groups is 1. The fourth-order valence-corrected chi connectivity index (χ4v) is 3.73. The lowest BCUT2D eigenvalue weighted by Gasteiger charge is -2.37. The van der Waals surface area contributed by atoms with Gasteiger partial charge in [0.25, 0.3) is 0 Å². The van der Waals surface area contributed by atoms with Crippen molar-refractivity contribution in [3.63, 3.8) is 0 Å². The normalized spacial score (nSPS) is 23.5. The number of aliphatic hydroxyl groups excluding tert-OH is 1. The molecule has 3 nitrogen and oxygen atoms in total. The van der Waals surface area contributed by atoms with E-state index in [-0.39, 0.29) is 12.5 Å². The molecule has 1 aliphatic rings. The van der Waals surface area contributed by atoms with E-state index in [0.717, 1.165) is 0 Å². The summed E-state index contributed by atoms with van der Waals surface area (Å²) in [4.78, 5) is 8.38. The van der Waals surface area contributed by atoms with Gasteiger partial charge in [0.05, 0.1) is 12.6 Å². The second kappa shape index (κ2) is 6.13. The third-order valence-corrected chi connectivity index (χ3v) is 5.12. The number of aromatic nitrogens is 1. The van der Waals surface area contributed by atoms with Crippen LogP contribution in [0.15, 0.2) is 6.20 Å². The number of likely N-dealkylation sites (tertiary alicyclic amines) is 1. The van der Waals surface area contributed by atoms with E-state index in [1.54, 1.807) is 11.3 Å². The molecule has 0 saturated carbocycles. The van der Waals surface area contributed by atoms with E-state index in [1.807, 2.05) is 6.20 Å². The molecule has 0 aromatic carbocycles. The van der Waals surface area contributed by atoms with E-state index >= 15 is 0 Å². The molecule has 0 amide bonds. The van der Waals surface area contributed by atoms with Crippen molar-refractivity contribution in [1.82, 2.24) is 9.88 Å². The van der Waals surface area contributed by atoms with Crippen LogP contribution in [-0.4, -0.2) is 34.2 Å². The summed E-state index contributed by atoms with van der Waals surface area (Å²) in [7, 11) is 0. The van der Waals surface area contributed by atoms with E-state index in [9.17, 15) is 5.11 Å². The largest absolute Gasteiger partial charge is 0.396 e. The second-order valence-corrected chi connectivity index (χ2v) is 6.62. The van der Waals surface area contributed by atoms with Gasteiger partial charge in [0, 0.05) is 23.0 Å². The summed E-state index contributed by atoms with van der Waals surface area (Å²) in [5, 5.41) is 10.5. The maximum atomic E-state index is 9.22. The first-order valence-electron chi connectivity index (χ1n) is 6.95. The lowest BCUT2D eigenvalue weighted by Crippen LogP contribution is -2.38. The van der Waals surface area contributed by atoms with Crippen molar-refractivity contribution in [1.29, 1.82) is 0 Å². The molecule has 0 aliphatic carbocycles. The minimum Gasteiger partial charge on any atom is -0.396 e. The van der Waals surface area contributed by atoms with Gasteiger partial charge < -0.3 is 5.11 Å². The van der Waals surface area contributed by atoms with Crippen LogP contribution in [0.3, 0.4) is 0 Å². The Morgan fingerprint density at radius 2 is 2.22 bits per heavy atom. The molecule has 102 valence electrons. The molecule has 2 unspecified atom stereocenters. The predicted molar refractivity (Wildman–Crippen MR) is 76.0 cm³/mol. The summed E-state index contributed by atoms with van der Waals surface area (Å²) in [6.07, 6.45) is 5.78. The first-order valence-corrected chi connectivity index (χ1v) is 7.77. The topological polar surface area (TPSA) is 36.4 Å². The third-order valence-electron chi connectivity index (χ3n) is 3.79.